The Kier molecular flexibility index (Phi) is 8.41. The van der Waals surface area contributed by atoms with Crippen LogP contribution in [0.25, 0.3) is 0 Å². The van der Waals surface area contributed by atoms with E-state index in [9.17, 15) is 0 Å². The van der Waals surface area contributed by atoms with Gasteiger partial charge >= 0.3 is 0 Å². The standard InChI is InChI=1S/C12H19N3S.HI/c1-4-14-12(13)15-8-10-6-5-9(2)7-11(10)16-3;/h5-7H,4,8H2,1-3H3,(H3,13,14,15);1H. The zero-order chi connectivity index (χ0) is 12.0. The lowest BCUT2D eigenvalue weighted by molar-refractivity contribution is 0.918. The number of thioether (sulfide) groups is 1. The van der Waals surface area contributed by atoms with Gasteiger partial charge in [0.15, 0.2) is 5.96 Å². The average molecular weight is 365 g/mol. The molecule has 0 aliphatic carbocycles. The number of hydrogen-bond acceptors (Lipinski definition) is 2. The van der Waals surface area contributed by atoms with Crippen molar-refractivity contribution in [1.29, 1.82) is 0 Å². The highest BCUT2D eigenvalue weighted by molar-refractivity contribution is 14.0. The van der Waals surface area contributed by atoms with E-state index in [1.54, 1.807) is 11.8 Å². The highest BCUT2D eigenvalue weighted by atomic mass is 127. The molecule has 0 saturated heterocycles. The predicted octanol–water partition coefficient (Wildman–Crippen LogP) is 2.76. The smallest absolute Gasteiger partial charge is 0.188 e. The molecule has 0 spiro atoms. The Bertz CT molecular complexity index is 380. The number of nitrogens with one attached hydrogen (secondary N) is 1. The fourth-order valence-electron chi connectivity index (χ4n) is 1.39. The van der Waals surface area contributed by atoms with Gasteiger partial charge in [-0.15, -0.1) is 35.7 Å². The molecule has 5 heteroatoms. The molecule has 0 atom stereocenters. The van der Waals surface area contributed by atoms with Gasteiger partial charge in [-0.2, -0.15) is 0 Å². The molecule has 0 amide bonds. The SMILES string of the molecule is CCNC(N)=NCc1ccc(C)cc1SC.I. The van der Waals surface area contributed by atoms with Crippen LogP contribution < -0.4 is 11.1 Å². The maximum atomic E-state index is 5.69. The molecule has 0 fully saturated rings. The van der Waals surface area contributed by atoms with Crippen molar-refractivity contribution in [2.75, 3.05) is 12.8 Å². The first-order valence-corrected chi connectivity index (χ1v) is 6.57. The van der Waals surface area contributed by atoms with Crippen molar-refractivity contribution < 1.29 is 0 Å². The number of aryl methyl sites for hydroxylation is 1. The van der Waals surface area contributed by atoms with Crippen molar-refractivity contribution in [2.45, 2.75) is 25.3 Å². The van der Waals surface area contributed by atoms with Gasteiger partial charge in [0.25, 0.3) is 0 Å². The number of rotatable bonds is 4. The number of guanidine groups is 1. The summed E-state index contributed by atoms with van der Waals surface area (Å²) in [6.07, 6.45) is 2.08. The maximum absolute atomic E-state index is 5.69. The summed E-state index contributed by atoms with van der Waals surface area (Å²) < 4.78 is 0. The van der Waals surface area contributed by atoms with Gasteiger partial charge in [-0.25, -0.2) is 4.99 Å². The third-order valence-electron chi connectivity index (χ3n) is 2.22. The second-order valence-corrected chi connectivity index (χ2v) is 4.40. The molecular weight excluding hydrogens is 345 g/mol. The summed E-state index contributed by atoms with van der Waals surface area (Å²) in [5.41, 5.74) is 8.18. The van der Waals surface area contributed by atoms with E-state index in [-0.39, 0.29) is 24.0 Å². The lowest BCUT2D eigenvalue weighted by Crippen LogP contribution is -2.31. The molecule has 0 radical (unpaired) electrons. The quantitative estimate of drug-likeness (QED) is 0.373. The number of nitrogens with zero attached hydrogens (tertiary/aromatic N) is 1. The first kappa shape index (κ1) is 16.6. The van der Waals surface area contributed by atoms with E-state index in [1.807, 2.05) is 6.92 Å². The molecular formula is C12H20IN3S. The van der Waals surface area contributed by atoms with Crippen LogP contribution in [0.4, 0.5) is 0 Å². The summed E-state index contributed by atoms with van der Waals surface area (Å²) >= 11 is 1.74. The van der Waals surface area contributed by atoms with Gasteiger partial charge in [0.1, 0.15) is 0 Å². The monoisotopic (exact) mass is 365 g/mol. The topological polar surface area (TPSA) is 50.4 Å². The largest absolute Gasteiger partial charge is 0.370 e. The summed E-state index contributed by atoms with van der Waals surface area (Å²) in [5, 5.41) is 2.99. The zero-order valence-electron chi connectivity index (χ0n) is 10.5. The molecule has 3 nitrogen and oxygen atoms in total. The first-order chi connectivity index (χ1) is 7.67. The number of halogens is 1. The van der Waals surface area contributed by atoms with Crippen molar-refractivity contribution in [3.05, 3.63) is 29.3 Å². The predicted molar refractivity (Wildman–Crippen MR) is 87.4 cm³/mol. The summed E-state index contributed by atoms with van der Waals surface area (Å²) in [5.74, 6) is 0.509. The highest BCUT2D eigenvalue weighted by Gasteiger charge is 2.01. The van der Waals surface area contributed by atoms with Crippen LogP contribution in [0.1, 0.15) is 18.1 Å². The minimum atomic E-state index is 0. The Morgan fingerprint density at radius 3 is 2.76 bits per heavy atom. The second kappa shape index (κ2) is 8.63. The third kappa shape index (κ3) is 5.63. The van der Waals surface area contributed by atoms with Crippen LogP contribution in [0.15, 0.2) is 28.1 Å². The summed E-state index contributed by atoms with van der Waals surface area (Å²) in [6, 6.07) is 6.40. The molecule has 96 valence electrons. The van der Waals surface area contributed by atoms with E-state index in [0.29, 0.717) is 12.5 Å². The van der Waals surface area contributed by atoms with E-state index in [0.717, 1.165) is 6.54 Å². The molecule has 0 unspecified atom stereocenters. The van der Waals surface area contributed by atoms with Gasteiger partial charge in [-0.3, -0.25) is 0 Å². The van der Waals surface area contributed by atoms with Crippen molar-refractivity contribution in [3.8, 4) is 0 Å². The minimum Gasteiger partial charge on any atom is -0.370 e. The number of nitrogens with two attached hydrogens (primary N) is 1. The van der Waals surface area contributed by atoms with Crippen LogP contribution in [0, 0.1) is 6.92 Å². The Labute approximate surface area is 125 Å². The Balaban J connectivity index is 0.00000256. The third-order valence-corrected chi connectivity index (χ3v) is 3.04. The van der Waals surface area contributed by atoms with Gasteiger partial charge in [0, 0.05) is 11.4 Å². The van der Waals surface area contributed by atoms with E-state index >= 15 is 0 Å². The first-order valence-electron chi connectivity index (χ1n) is 5.34. The summed E-state index contributed by atoms with van der Waals surface area (Å²) in [6.45, 7) is 5.54. The van der Waals surface area contributed by atoms with Crippen LogP contribution in [-0.4, -0.2) is 18.8 Å². The second-order valence-electron chi connectivity index (χ2n) is 3.55. The van der Waals surface area contributed by atoms with Crippen molar-refractivity contribution in [2.24, 2.45) is 10.7 Å². The molecule has 1 rings (SSSR count). The van der Waals surface area contributed by atoms with E-state index in [1.165, 1.54) is 16.0 Å². The van der Waals surface area contributed by atoms with Crippen LogP contribution in [-0.2, 0) is 6.54 Å². The van der Waals surface area contributed by atoms with Crippen molar-refractivity contribution in [3.63, 3.8) is 0 Å². The van der Waals surface area contributed by atoms with Crippen LogP contribution in [0.5, 0.6) is 0 Å². The minimum absolute atomic E-state index is 0. The van der Waals surface area contributed by atoms with Crippen LogP contribution >= 0.6 is 35.7 Å². The van der Waals surface area contributed by atoms with Crippen LogP contribution in [0.3, 0.4) is 0 Å². The molecule has 1 aromatic rings. The molecule has 0 aliphatic rings. The van der Waals surface area contributed by atoms with E-state index in [4.69, 9.17) is 5.73 Å². The van der Waals surface area contributed by atoms with Gasteiger partial charge in [-0.1, -0.05) is 12.1 Å². The Morgan fingerprint density at radius 2 is 2.18 bits per heavy atom. The molecule has 17 heavy (non-hydrogen) atoms. The highest BCUT2D eigenvalue weighted by Crippen LogP contribution is 2.22. The lowest BCUT2D eigenvalue weighted by atomic mass is 10.1. The lowest BCUT2D eigenvalue weighted by Gasteiger charge is -2.07. The molecule has 0 heterocycles. The fourth-order valence-corrected chi connectivity index (χ4v) is 2.09. The zero-order valence-corrected chi connectivity index (χ0v) is 13.6. The molecule has 1 aromatic carbocycles. The fraction of sp³-hybridized carbons (Fsp3) is 0.417. The van der Waals surface area contributed by atoms with Gasteiger partial charge in [0.2, 0.25) is 0 Å². The van der Waals surface area contributed by atoms with Gasteiger partial charge in [0.05, 0.1) is 6.54 Å². The number of hydrogen-bond donors (Lipinski definition) is 2. The van der Waals surface area contributed by atoms with Crippen molar-refractivity contribution >= 4 is 41.7 Å². The summed E-state index contributed by atoms with van der Waals surface area (Å²) in [7, 11) is 0. The molecule has 0 aromatic heterocycles. The van der Waals surface area contributed by atoms with Crippen molar-refractivity contribution in [1.82, 2.24) is 5.32 Å². The summed E-state index contributed by atoms with van der Waals surface area (Å²) in [4.78, 5) is 5.56. The number of aliphatic imine (C=N–C) groups is 1. The number of benzene rings is 1. The molecule has 0 aliphatic heterocycles. The molecule has 3 N–H and O–H groups in total. The van der Waals surface area contributed by atoms with E-state index < -0.39 is 0 Å². The maximum Gasteiger partial charge on any atom is 0.188 e. The van der Waals surface area contributed by atoms with Gasteiger partial charge < -0.3 is 11.1 Å². The van der Waals surface area contributed by atoms with E-state index in [2.05, 4.69) is 41.7 Å². The normalized spacial score (nSPS) is 10.9. The molecule has 0 bridgehead atoms. The van der Waals surface area contributed by atoms with Gasteiger partial charge in [-0.05, 0) is 37.3 Å². The Morgan fingerprint density at radius 1 is 1.47 bits per heavy atom. The molecule has 0 saturated carbocycles. The Hall–Kier alpha value is -0.430. The average Bonchev–Trinajstić information content (AvgIpc) is 2.27. The van der Waals surface area contributed by atoms with Crippen LogP contribution in [0.2, 0.25) is 0 Å².